The number of aromatic nitrogens is 2. The maximum atomic E-state index is 14.7. The molecule has 1 unspecified atom stereocenters. The minimum atomic E-state index is -0.886. The van der Waals surface area contributed by atoms with Crippen molar-refractivity contribution in [3.63, 3.8) is 0 Å². The van der Waals surface area contributed by atoms with E-state index in [9.17, 15) is 13.6 Å². The third-order valence-electron chi connectivity index (χ3n) is 6.61. The fourth-order valence-electron chi connectivity index (χ4n) is 4.68. The zero-order valence-corrected chi connectivity index (χ0v) is 22.1. The fourth-order valence-corrected chi connectivity index (χ4v) is 4.68. The molecule has 5 nitrogen and oxygen atoms in total. The molecule has 0 aliphatic carbocycles. The normalized spacial score (nSPS) is 12.1. The third kappa shape index (κ3) is 6.17. The van der Waals surface area contributed by atoms with Crippen molar-refractivity contribution < 1.29 is 13.6 Å². The second-order valence-corrected chi connectivity index (χ2v) is 9.92. The Kier molecular flexibility index (Phi) is 8.69. The molecule has 1 atom stereocenters. The molecule has 1 aromatic heterocycles. The first-order chi connectivity index (χ1) is 18.3. The molecule has 0 spiro atoms. The Hall–Kier alpha value is -3.84. The van der Waals surface area contributed by atoms with E-state index in [0.29, 0.717) is 31.9 Å². The Morgan fingerprint density at radius 1 is 1.03 bits per heavy atom. The molecule has 0 saturated carbocycles. The van der Waals surface area contributed by atoms with Crippen LogP contribution >= 0.6 is 0 Å². The number of rotatable bonds is 10. The van der Waals surface area contributed by atoms with Gasteiger partial charge in [0.15, 0.2) is 0 Å². The summed E-state index contributed by atoms with van der Waals surface area (Å²) in [5.41, 5.74) is 9.65. The lowest BCUT2D eigenvalue weighted by molar-refractivity contribution is 0.0599. The Bertz CT molecular complexity index is 1370. The Morgan fingerprint density at radius 2 is 1.74 bits per heavy atom. The summed E-state index contributed by atoms with van der Waals surface area (Å²) >= 11 is 0. The van der Waals surface area contributed by atoms with Crippen LogP contribution in [-0.4, -0.2) is 33.4 Å². The highest BCUT2D eigenvalue weighted by molar-refractivity contribution is 5.94. The summed E-state index contributed by atoms with van der Waals surface area (Å²) in [6, 6.07) is 20.8. The standard InChI is InChI=1S/C31H34F2N4O/c1-21(2)29(37(17-7-16-34)31(38)26-15-14-25(32)18-27(26)33)30-35-28(24-12-10-22(3)11-13-24)20-36(30)19-23-8-5-4-6-9-23/h4-6,8-15,18,20-21,29H,7,16-17,19,34H2,1-3H3. The summed E-state index contributed by atoms with van der Waals surface area (Å²) in [7, 11) is 0. The smallest absolute Gasteiger partial charge is 0.257 e. The highest BCUT2D eigenvalue weighted by Gasteiger charge is 2.33. The van der Waals surface area contributed by atoms with Gasteiger partial charge in [0, 0.05) is 30.9 Å². The number of halogens is 2. The first kappa shape index (κ1) is 27.2. The van der Waals surface area contributed by atoms with Gasteiger partial charge in [0.1, 0.15) is 17.5 Å². The van der Waals surface area contributed by atoms with Gasteiger partial charge in [-0.05, 0) is 43.5 Å². The van der Waals surface area contributed by atoms with E-state index in [-0.39, 0.29) is 11.5 Å². The van der Waals surface area contributed by atoms with Gasteiger partial charge in [-0.2, -0.15) is 0 Å². The van der Waals surface area contributed by atoms with Crippen LogP contribution in [0.1, 0.15) is 53.6 Å². The third-order valence-corrected chi connectivity index (χ3v) is 6.61. The summed E-state index contributed by atoms with van der Waals surface area (Å²) in [5, 5.41) is 0. The number of imidazole rings is 1. The predicted molar refractivity (Wildman–Crippen MR) is 147 cm³/mol. The Balaban J connectivity index is 1.83. The Morgan fingerprint density at radius 3 is 2.37 bits per heavy atom. The second-order valence-electron chi connectivity index (χ2n) is 9.92. The summed E-state index contributed by atoms with van der Waals surface area (Å²) in [4.78, 5) is 20.5. The summed E-state index contributed by atoms with van der Waals surface area (Å²) in [6.45, 7) is 7.30. The summed E-state index contributed by atoms with van der Waals surface area (Å²) in [6.07, 6.45) is 2.54. The monoisotopic (exact) mass is 516 g/mol. The average molecular weight is 517 g/mol. The van der Waals surface area contributed by atoms with Gasteiger partial charge in [0.2, 0.25) is 0 Å². The van der Waals surface area contributed by atoms with Crippen molar-refractivity contribution in [3.05, 3.63) is 113 Å². The molecule has 0 aliphatic heterocycles. The Labute approximate surface area is 222 Å². The van der Waals surface area contributed by atoms with Crippen molar-refractivity contribution in [2.24, 2.45) is 11.7 Å². The fraction of sp³-hybridized carbons (Fsp3) is 0.290. The highest BCUT2D eigenvalue weighted by Crippen LogP contribution is 2.33. The first-order valence-electron chi connectivity index (χ1n) is 12.9. The van der Waals surface area contributed by atoms with Crippen LogP contribution in [0.25, 0.3) is 11.3 Å². The zero-order valence-electron chi connectivity index (χ0n) is 22.1. The second kappa shape index (κ2) is 12.1. The van der Waals surface area contributed by atoms with Crippen LogP contribution in [0.4, 0.5) is 8.78 Å². The van der Waals surface area contributed by atoms with Crippen molar-refractivity contribution in [1.29, 1.82) is 0 Å². The van der Waals surface area contributed by atoms with E-state index in [4.69, 9.17) is 10.7 Å². The van der Waals surface area contributed by atoms with Gasteiger partial charge >= 0.3 is 0 Å². The van der Waals surface area contributed by atoms with E-state index in [0.717, 1.165) is 34.5 Å². The van der Waals surface area contributed by atoms with Gasteiger partial charge < -0.3 is 15.2 Å². The molecule has 1 heterocycles. The molecular formula is C31H34F2N4O. The van der Waals surface area contributed by atoms with E-state index in [1.165, 1.54) is 6.07 Å². The van der Waals surface area contributed by atoms with Crippen molar-refractivity contribution in [2.75, 3.05) is 13.1 Å². The van der Waals surface area contributed by atoms with Crippen molar-refractivity contribution in [2.45, 2.75) is 39.8 Å². The number of nitrogens with two attached hydrogens (primary N) is 1. The average Bonchev–Trinajstić information content (AvgIpc) is 3.29. The maximum absolute atomic E-state index is 14.7. The van der Waals surface area contributed by atoms with Crippen molar-refractivity contribution >= 4 is 5.91 Å². The molecule has 1 amide bonds. The number of aryl methyl sites for hydroxylation is 1. The molecule has 3 aromatic carbocycles. The molecule has 38 heavy (non-hydrogen) atoms. The van der Waals surface area contributed by atoms with Crippen LogP contribution in [-0.2, 0) is 6.54 Å². The summed E-state index contributed by atoms with van der Waals surface area (Å²) < 4.78 is 30.4. The van der Waals surface area contributed by atoms with Crippen LogP contribution in [0, 0.1) is 24.5 Å². The molecule has 0 fully saturated rings. The predicted octanol–water partition coefficient (Wildman–Crippen LogP) is 6.37. The molecule has 4 aromatic rings. The number of nitrogens with zero attached hydrogens (tertiary/aromatic N) is 3. The van der Waals surface area contributed by atoms with E-state index < -0.39 is 23.6 Å². The van der Waals surface area contributed by atoms with E-state index >= 15 is 0 Å². The van der Waals surface area contributed by atoms with Crippen LogP contribution in [0.3, 0.4) is 0 Å². The number of carbonyl (C=O) groups excluding carboxylic acids is 1. The minimum Gasteiger partial charge on any atom is -0.330 e. The molecule has 4 rings (SSSR count). The van der Waals surface area contributed by atoms with Gasteiger partial charge in [0.25, 0.3) is 5.91 Å². The molecule has 7 heteroatoms. The van der Waals surface area contributed by atoms with Crippen molar-refractivity contribution in [1.82, 2.24) is 14.5 Å². The quantitative estimate of drug-likeness (QED) is 0.266. The van der Waals surface area contributed by atoms with Gasteiger partial charge in [-0.15, -0.1) is 0 Å². The van der Waals surface area contributed by atoms with E-state index in [1.807, 2.05) is 81.6 Å². The molecule has 198 valence electrons. The molecule has 0 saturated heterocycles. The molecule has 2 N–H and O–H groups in total. The summed E-state index contributed by atoms with van der Waals surface area (Å²) in [5.74, 6) is -1.48. The minimum absolute atomic E-state index is 0.0528. The molecule has 0 radical (unpaired) electrons. The number of hydrogen-bond acceptors (Lipinski definition) is 3. The van der Waals surface area contributed by atoms with E-state index in [1.54, 1.807) is 4.90 Å². The maximum Gasteiger partial charge on any atom is 0.257 e. The van der Waals surface area contributed by atoms with Gasteiger partial charge in [-0.3, -0.25) is 4.79 Å². The van der Waals surface area contributed by atoms with Crippen LogP contribution in [0.15, 0.2) is 79.0 Å². The zero-order chi connectivity index (χ0) is 27.2. The number of carbonyl (C=O) groups is 1. The van der Waals surface area contributed by atoms with Gasteiger partial charge in [-0.25, -0.2) is 13.8 Å². The van der Waals surface area contributed by atoms with Crippen LogP contribution in [0.5, 0.6) is 0 Å². The van der Waals surface area contributed by atoms with Crippen molar-refractivity contribution in [3.8, 4) is 11.3 Å². The molecular weight excluding hydrogens is 482 g/mol. The lowest BCUT2D eigenvalue weighted by Crippen LogP contribution is -2.40. The van der Waals surface area contributed by atoms with Gasteiger partial charge in [-0.1, -0.05) is 74.0 Å². The first-order valence-corrected chi connectivity index (χ1v) is 12.9. The topological polar surface area (TPSA) is 64.2 Å². The number of hydrogen-bond donors (Lipinski definition) is 1. The lowest BCUT2D eigenvalue weighted by Gasteiger charge is -2.34. The largest absolute Gasteiger partial charge is 0.330 e. The highest BCUT2D eigenvalue weighted by atomic mass is 19.1. The van der Waals surface area contributed by atoms with Gasteiger partial charge in [0.05, 0.1) is 17.3 Å². The molecule has 0 aliphatic rings. The van der Waals surface area contributed by atoms with Crippen LogP contribution in [0.2, 0.25) is 0 Å². The number of amides is 1. The molecule has 0 bridgehead atoms. The lowest BCUT2D eigenvalue weighted by atomic mass is 9.99. The SMILES string of the molecule is Cc1ccc(-c2cn(Cc3ccccc3)c(C(C(C)C)N(CCCN)C(=O)c3ccc(F)cc3F)n2)cc1. The van der Waals surface area contributed by atoms with E-state index in [2.05, 4.69) is 4.57 Å². The number of benzene rings is 3. The van der Waals surface area contributed by atoms with Crippen LogP contribution < -0.4 is 5.73 Å².